The zero-order chi connectivity index (χ0) is 16.8. The van der Waals surface area contributed by atoms with Crippen LogP contribution in [-0.4, -0.2) is 45.8 Å². The van der Waals surface area contributed by atoms with Crippen molar-refractivity contribution in [3.63, 3.8) is 0 Å². The Balaban J connectivity index is 1.68. The van der Waals surface area contributed by atoms with Gasteiger partial charge in [0.15, 0.2) is 5.65 Å². The van der Waals surface area contributed by atoms with Gasteiger partial charge in [-0.3, -0.25) is 0 Å². The highest BCUT2D eigenvalue weighted by Crippen LogP contribution is 2.44. The smallest absolute Gasteiger partial charge is 0.154 e. The Morgan fingerprint density at radius 2 is 1.96 bits per heavy atom. The number of nitrogens with one attached hydrogen (secondary N) is 1. The molecule has 7 heteroatoms. The summed E-state index contributed by atoms with van der Waals surface area (Å²) in [5.41, 5.74) is 4.11. The molecular formula is C18H19ClN6. The minimum absolute atomic E-state index is 0.493. The number of aromatic nitrogens is 4. The highest BCUT2D eigenvalue weighted by Gasteiger charge is 2.31. The van der Waals surface area contributed by atoms with Crippen LogP contribution in [0.5, 0.6) is 0 Å². The molecular weight excluding hydrogens is 336 g/mol. The van der Waals surface area contributed by atoms with Gasteiger partial charge in [0.2, 0.25) is 0 Å². The average Bonchev–Trinajstić information content (AvgIpc) is 3.42. The molecule has 0 radical (unpaired) electrons. The van der Waals surface area contributed by atoms with Gasteiger partial charge in [0, 0.05) is 43.9 Å². The lowest BCUT2D eigenvalue weighted by molar-refractivity contribution is 0.582. The lowest BCUT2D eigenvalue weighted by Gasteiger charge is -2.28. The molecule has 5 rings (SSSR count). The van der Waals surface area contributed by atoms with Crippen molar-refractivity contribution >= 4 is 23.1 Å². The van der Waals surface area contributed by atoms with E-state index in [-0.39, 0.29) is 0 Å². The first-order chi connectivity index (χ1) is 12.3. The van der Waals surface area contributed by atoms with Gasteiger partial charge in [-0.05, 0) is 37.1 Å². The lowest BCUT2D eigenvalue weighted by Crippen LogP contribution is -2.44. The fourth-order valence-electron chi connectivity index (χ4n) is 3.46. The van der Waals surface area contributed by atoms with Crippen LogP contribution in [-0.2, 0) is 0 Å². The fourth-order valence-corrected chi connectivity index (χ4v) is 3.64. The number of rotatable bonds is 3. The van der Waals surface area contributed by atoms with E-state index in [4.69, 9.17) is 21.7 Å². The van der Waals surface area contributed by atoms with Crippen LogP contribution < -0.4 is 10.2 Å². The standard InChI is InChI=1S/C18H19ClN6/c19-14-11-13(5-6-21-14)18-17(12-1-2-12)22-15-3-4-16(23-25(15)18)24-9-7-20-8-10-24/h3-6,11-12,20H,1-2,7-10H2. The maximum absolute atomic E-state index is 6.14. The van der Waals surface area contributed by atoms with Gasteiger partial charge in [-0.1, -0.05) is 11.6 Å². The van der Waals surface area contributed by atoms with E-state index >= 15 is 0 Å². The van der Waals surface area contributed by atoms with Gasteiger partial charge in [-0.15, -0.1) is 5.10 Å². The maximum Gasteiger partial charge on any atom is 0.154 e. The largest absolute Gasteiger partial charge is 0.353 e. The fraction of sp³-hybridized carbons (Fsp3) is 0.389. The van der Waals surface area contributed by atoms with Crippen molar-refractivity contribution in [2.24, 2.45) is 0 Å². The van der Waals surface area contributed by atoms with Crippen LogP contribution in [0.4, 0.5) is 5.82 Å². The van der Waals surface area contributed by atoms with Gasteiger partial charge in [0.05, 0.1) is 11.4 Å². The van der Waals surface area contributed by atoms with Crippen LogP contribution in [0.2, 0.25) is 5.15 Å². The Hall–Kier alpha value is -2.18. The third kappa shape index (κ3) is 2.75. The lowest BCUT2D eigenvalue weighted by atomic mass is 10.1. The first-order valence-corrected chi connectivity index (χ1v) is 9.15. The molecule has 0 atom stereocenters. The van der Waals surface area contributed by atoms with Gasteiger partial charge < -0.3 is 10.2 Å². The summed E-state index contributed by atoms with van der Waals surface area (Å²) in [5, 5.41) is 8.80. The van der Waals surface area contributed by atoms with Crippen LogP contribution in [0.15, 0.2) is 30.5 Å². The summed E-state index contributed by atoms with van der Waals surface area (Å²) in [6, 6.07) is 8.03. The predicted molar refractivity (Wildman–Crippen MR) is 98.3 cm³/mol. The summed E-state index contributed by atoms with van der Waals surface area (Å²) in [5.74, 6) is 1.53. The van der Waals surface area contributed by atoms with Gasteiger partial charge in [0.1, 0.15) is 11.0 Å². The van der Waals surface area contributed by atoms with Gasteiger partial charge in [-0.2, -0.15) is 0 Å². The normalized spacial score (nSPS) is 18.0. The topological polar surface area (TPSA) is 58.4 Å². The van der Waals surface area contributed by atoms with E-state index in [1.807, 2.05) is 16.6 Å². The highest BCUT2D eigenvalue weighted by molar-refractivity contribution is 6.29. The molecule has 3 aromatic rings. The van der Waals surface area contributed by atoms with Gasteiger partial charge >= 0.3 is 0 Å². The molecule has 1 saturated heterocycles. The third-order valence-corrected chi connectivity index (χ3v) is 5.10. The van der Waals surface area contributed by atoms with Crippen molar-refractivity contribution in [3.05, 3.63) is 41.3 Å². The first kappa shape index (κ1) is 15.1. The van der Waals surface area contributed by atoms with Crippen LogP contribution in [0.25, 0.3) is 16.9 Å². The maximum atomic E-state index is 6.14. The molecule has 1 saturated carbocycles. The Morgan fingerprint density at radius 1 is 1.12 bits per heavy atom. The molecule has 0 aromatic carbocycles. The van der Waals surface area contributed by atoms with Crippen LogP contribution in [0.3, 0.4) is 0 Å². The van der Waals surface area contributed by atoms with Crippen molar-refractivity contribution in [3.8, 4) is 11.3 Å². The average molecular weight is 355 g/mol. The molecule has 25 heavy (non-hydrogen) atoms. The number of nitrogens with zero attached hydrogens (tertiary/aromatic N) is 5. The zero-order valence-electron chi connectivity index (χ0n) is 13.8. The summed E-state index contributed by atoms with van der Waals surface area (Å²) in [4.78, 5) is 11.3. The minimum atomic E-state index is 0.493. The Morgan fingerprint density at radius 3 is 2.72 bits per heavy atom. The number of piperazine rings is 1. The molecule has 0 bridgehead atoms. The minimum Gasteiger partial charge on any atom is -0.353 e. The molecule has 1 aliphatic carbocycles. The molecule has 0 spiro atoms. The third-order valence-electron chi connectivity index (χ3n) is 4.90. The zero-order valence-corrected chi connectivity index (χ0v) is 14.6. The molecule has 6 nitrogen and oxygen atoms in total. The molecule has 0 amide bonds. The Labute approximate surface area is 150 Å². The van der Waals surface area contributed by atoms with Crippen molar-refractivity contribution in [1.82, 2.24) is 24.9 Å². The number of anilines is 1. The summed E-state index contributed by atoms with van der Waals surface area (Å²) in [7, 11) is 0. The second-order valence-electron chi connectivity index (χ2n) is 6.69. The second-order valence-corrected chi connectivity index (χ2v) is 7.07. The quantitative estimate of drug-likeness (QED) is 0.733. The highest BCUT2D eigenvalue weighted by atomic mass is 35.5. The molecule has 0 unspecified atom stereocenters. The number of hydrogen-bond donors (Lipinski definition) is 1. The number of pyridine rings is 1. The monoisotopic (exact) mass is 354 g/mol. The van der Waals surface area contributed by atoms with E-state index in [2.05, 4.69) is 27.3 Å². The molecule has 4 heterocycles. The van der Waals surface area contributed by atoms with Crippen molar-refractivity contribution in [2.75, 3.05) is 31.1 Å². The van der Waals surface area contributed by atoms with Crippen LogP contribution in [0.1, 0.15) is 24.5 Å². The van der Waals surface area contributed by atoms with Crippen molar-refractivity contribution in [1.29, 1.82) is 0 Å². The van der Waals surface area contributed by atoms with Crippen molar-refractivity contribution < 1.29 is 0 Å². The summed E-state index contributed by atoms with van der Waals surface area (Å²) in [6.45, 7) is 3.92. The van der Waals surface area contributed by atoms with Crippen molar-refractivity contribution in [2.45, 2.75) is 18.8 Å². The second kappa shape index (κ2) is 5.97. The van der Waals surface area contributed by atoms with E-state index in [1.165, 1.54) is 12.8 Å². The van der Waals surface area contributed by atoms with E-state index in [0.717, 1.165) is 54.6 Å². The van der Waals surface area contributed by atoms with Gasteiger partial charge in [-0.25, -0.2) is 14.5 Å². The number of hydrogen-bond acceptors (Lipinski definition) is 5. The van der Waals surface area contributed by atoms with Crippen LogP contribution >= 0.6 is 11.6 Å². The Kier molecular flexibility index (Phi) is 3.60. The molecule has 3 aromatic heterocycles. The van der Waals surface area contributed by atoms with Gasteiger partial charge in [0.25, 0.3) is 0 Å². The summed E-state index contributed by atoms with van der Waals surface area (Å²) in [6.07, 6.45) is 4.13. The molecule has 1 aliphatic heterocycles. The number of halogens is 1. The number of fused-ring (bicyclic) bond motifs is 1. The molecule has 1 N–H and O–H groups in total. The van der Waals surface area contributed by atoms with E-state index in [9.17, 15) is 0 Å². The van der Waals surface area contributed by atoms with E-state index < -0.39 is 0 Å². The summed E-state index contributed by atoms with van der Waals surface area (Å²) < 4.78 is 1.98. The predicted octanol–water partition coefficient (Wildman–Crippen LogP) is 2.73. The first-order valence-electron chi connectivity index (χ1n) is 8.77. The molecule has 2 fully saturated rings. The molecule has 128 valence electrons. The van der Waals surface area contributed by atoms with E-state index in [1.54, 1.807) is 6.20 Å². The summed E-state index contributed by atoms with van der Waals surface area (Å²) >= 11 is 6.14. The molecule has 2 aliphatic rings. The SMILES string of the molecule is Clc1cc(-c2c(C3CC3)nc3ccc(N4CCNCC4)nn23)ccn1. The Bertz CT molecular complexity index is 926. The van der Waals surface area contributed by atoms with E-state index in [0.29, 0.717) is 11.1 Å². The van der Waals surface area contributed by atoms with Crippen LogP contribution in [0, 0.1) is 0 Å². The number of imidazole rings is 1.